The van der Waals surface area contributed by atoms with Gasteiger partial charge in [-0.25, -0.2) is 0 Å². The lowest BCUT2D eigenvalue weighted by atomic mass is 9.91. The van der Waals surface area contributed by atoms with Crippen LogP contribution >= 0.6 is 11.8 Å². The van der Waals surface area contributed by atoms with Crippen molar-refractivity contribution < 1.29 is 0 Å². The third-order valence-electron chi connectivity index (χ3n) is 3.61. The molecule has 100 valence electrons. The molecule has 2 rings (SSSR count). The number of nitrogens with one attached hydrogen (secondary N) is 1. The van der Waals surface area contributed by atoms with Crippen LogP contribution in [0.3, 0.4) is 0 Å². The maximum atomic E-state index is 3.36. The van der Waals surface area contributed by atoms with Gasteiger partial charge in [-0.15, -0.1) is 11.8 Å². The van der Waals surface area contributed by atoms with Crippen LogP contribution in [-0.4, -0.2) is 18.8 Å². The van der Waals surface area contributed by atoms with Gasteiger partial charge in [-0.2, -0.15) is 0 Å². The van der Waals surface area contributed by atoms with E-state index in [1.807, 2.05) is 0 Å². The van der Waals surface area contributed by atoms with Crippen LogP contribution in [0.5, 0.6) is 0 Å². The van der Waals surface area contributed by atoms with Crippen molar-refractivity contribution in [1.82, 2.24) is 5.32 Å². The summed E-state index contributed by atoms with van der Waals surface area (Å²) in [4.78, 5) is 1.51. The molecule has 0 saturated heterocycles. The lowest BCUT2D eigenvalue weighted by molar-refractivity contribution is 0.372. The summed E-state index contributed by atoms with van der Waals surface area (Å²) >= 11 is 2.09. The minimum absolute atomic E-state index is 0.791. The predicted octanol–water partition coefficient (Wildman–Crippen LogP) is 3.98. The molecule has 0 spiro atoms. The van der Waals surface area contributed by atoms with Crippen molar-refractivity contribution in [3.63, 3.8) is 0 Å². The van der Waals surface area contributed by atoms with Gasteiger partial charge in [0.25, 0.3) is 0 Å². The summed E-state index contributed by atoms with van der Waals surface area (Å²) in [7, 11) is 2.07. The topological polar surface area (TPSA) is 12.0 Å². The third-order valence-corrected chi connectivity index (χ3v) is 4.95. The van der Waals surface area contributed by atoms with Crippen molar-refractivity contribution in [3.8, 4) is 0 Å². The summed E-state index contributed by atoms with van der Waals surface area (Å²) < 4.78 is 0. The quantitative estimate of drug-likeness (QED) is 0.833. The molecule has 2 unspecified atom stereocenters. The SMILES string of the molecule is CNCC(CC(C)C)CC1Cc2ccccc2S1. The summed E-state index contributed by atoms with van der Waals surface area (Å²) in [5.41, 5.74) is 1.56. The third kappa shape index (κ3) is 3.76. The average Bonchev–Trinajstić information content (AvgIpc) is 2.70. The lowest BCUT2D eigenvalue weighted by Gasteiger charge is -2.21. The molecule has 1 aromatic rings. The summed E-state index contributed by atoms with van der Waals surface area (Å²) in [5, 5.41) is 4.15. The molecule has 0 saturated carbocycles. The Morgan fingerprint density at radius 3 is 2.78 bits per heavy atom. The van der Waals surface area contributed by atoms with Gasteiger partial charge in [-0.3, -0.25) is 0 Å². The Morgan fingerprint density at radius 1 is 1.33 bits per heavy atom. The number of fused-ring (bicyclic) bond motifs is 1. The van der Waals surface area contributed by atoms with Crippen LogP contribution in [0.15, 0.2) is 29.2 Å². The van der Waals surface area contributed by atoms with Gasteiger partial charge >= 0.3 is 0 Å². The molecule has 0 fully saturated rings. The van der Waals surface area contributed by atoms with Crippen LogP contribution in [0.25, 0.3) is 0 Å². The Labute approximate surface area is 116 Å². The van der Waals surface area contributed by atoms with Crippen LogP contribution in [0, 0.1) is 11.8 Å². The molecule has 1 N–H and O–H groups in total. The molecule has 2 atom stereocenters. The predicted molar refractivity (Wildman–Crippen MR) is 81.3 cm³/mol. The Hall–Kier alpha value is -0.470. The Kier molecular flexibility index (Phi) is 5.13. The van der Waals surface area contributed by atoms with Crippen LogP contribution in [-0.2, 0) is 6.42 Å². The van der Waals surface area contributed by atoms with Gasteiger partial charge in [0.05, 0.1) is 0 Å². The number of thioether (sulfide) groups is 1. The zero-order chi connectivity index (χ0) is 13.0. The first kappa shape index (κ1) is 14.0. The second-order valence-corrected chi connectivity index (χ2v) is 7.18. The van der Waals surface area contributed by atoms with Crippen LogP contribution < -0.4 is 5.32 Å². The maximum absolute atomic E-state index is 3.36. The van der Waals surface area contributed by atoms with Crippen molar-refractivity contribution in [2.75, 3.05) is 13.6 Å². The maximum Gasteiger partial charge on any atom is 0.0138 e. The van der Waals surface area contributed by atoms with Gasteiger partial charge in [-0.1, -0.05) is 32.0 Å². The van der Waals surface area contributed by atoms with Crippen molar-refractivity contribution >= 4 is 11.8 Å². The molecule has 0 radical (unpaired) electrons. The number of hydrogen-bond donors (Lipinski definition) is 1. The zero-order valence-electron chi connectivity index (χ0n) is 11.8. The fourth-order valence-electron chi connectivity index (χ4n) is 2.98. The summed E-state index contributed by atoms with van der Waals surface area (Å²) in [6.45, 7) is 5.82. The standard InChI is InChI=1S/C16H25NS/c1-12(2)8-13(11-17-3)9-15-10-14-6-4-5-7-16(14)18-15/h4-7,12-13,15,17H,8-11H2,1-3H3. The monoisotopic (exact) mass is 263 g/mol. The number of benzene rings is 1. The van der Waals surface area contributed by atoms with E-state index in [1.165, 1.54) is 24.2 Å². The van der Waals surface area contributed by atoms with E-state index < -0.39 is 0 Å². The highest BCUT2D eigenvalue weighted by atomic mass is 32.2. The molecule has 0 aliphatic carbocycles. The van der Waals surface area contributed by atoms with Crippen LogP contribution in [0.1, 0.15) is 32.3 Å². The molecule has 1 aliphatic rings. The first-order chi connectivity index (χ1) is 8.69. The molecule has 1 aliphatic heterocycles. The largest absolute Gasteiger partial charge is 0.319 e. The van der Waals surface area contributed by atoms with E-state index in [9.17, 15) is 0 Å². The fourth-order valence-corrected chi connectivity index (χ4v) is 4.43. The zero-order valence-corrected chi connectivity index (χ0v) is 12.6. The van der Waals surface area contributed by atoms with E-state index in [-0.39, 0.29) is 0 Å². The van der Waals surface area contributed by atoms with Gasteiger partial charge in [0.15, 0.2) is 0 Å². The highest BCUT2D eigenvalue weighted by Crippen LogP contribution is 2.40. The van der Waals surface area contributed by atoms with E-state index in [1.54, 1.807) is 5.56 Å². The second kappa shape index (κ2) is 6.63. The van der Waals surface area contributed by atoms with Crippen LogP contribution in [0.4, 0.5) is 0 Å². The molecule has 18 heavy (non-hydrogen) atoms. The smallest absolute Gasteiger partial charge is 0.0138 e. The normalized spacial score (nSPS) is 20.1. The highest BCUT2D eigenvalue weighted by molar-refractivity contribution is 8.00. The average molecular weight is 263 g/mol. The summed E-state index contributed by atoms with van der Waals surface area (Å²) in [6.07, 6.45) is 3.95. The summed E-state index contributed by atoms with van der Waals surface area (Å²) in [5.74, 6) is 1.62. The molecular weight excluding hydrogens is 238 g/mol. The molecule has 1 heterocycles. The molecule has 0 bridgehead atoms. The van der Waals surface area contributed by atoms with Gasteiger partial charge in [0.1, 0.15) is 0 Å². The van der Waals surface area contributed by atoms with Gasteiger partial charge in [-0.05, 0) is 56.3 Å². The second-order valence-electron chi connectivity index (χ2n) is 5.84. The molecular formula is C16H25NS. The number of hydrogen-bond acceptors (Lipinski definition) is 2. The van der Waals surface area contributed by atoms with E-state index in [0.29, 0.717) is 0 Å². The summed E-state index contributed by atoms with van der Waals surface area (Å²) in [6, 6.07) is 8.89. The molecule has 1 nitrogen and oxygen atoms in total. The van der Waals surface area contributed by atoms with Crippen LogP contribution in [0.2, 0.25) is 0 Å². The van der Waals surface area contributed by atoms with Crippen molar-refractivity contribution in [3.05, 3.63) is 29.8 Å². The van der Waals surface area contributed by atoms with E-state index >= 15 is 0 Å². The molecule has 1 aromatic carbocycles. The minimum atomic E-state index is 0.791. The highest BCUT2D eigenvalue weighted by Gasteiger charge is 2.24. The van der Waals surface area contributed by atoms with Gasteiger partial charge in [0.2, 0.25) is 0 Å². The first-order valence-electron chi connectivity index (χ1n) is 7.08. The molecule has 0 aromatic heterocycles. The fraction of sp³-hybridized carbons (Fsp3) is 0.625. The number of rotatable bonds is 6. The van der Waals surface area contributed by atoms with Crippen molar-refractivity contribution in [1.29, 1.82) is 0 Å². The van der Waals surface area contributed by atoms with Gasteiger partial charge in [0, 0.05) is 10.1 Å². The Balaban J connectivity index is 1.90. The minimum Gasteiger partial charge on any atom is -0.319 e. The van der Waals surface area contributed by atoms with E-state index in [4.69, 9.17) is 0 Å². The van der Waals surface area contributed by atoms with E-state index in [0.717, 1.165) is 23.6 Å². The Morgan fingerprint density at radius 2 is 2.11 bits per heavy atom. The first-order valence-corrected chi connectivity index (χ1v) is 7.96. The van der Waals surface area contributed by atoms with Gasteiger partial charge < -0.3 is 5.32 Å². The molecule has 0 amide bonds. The molecule has 2 heteroatoms. The van der Waals surface area contributed by atoms with E-state index in [2.05, 4.69) is 62.2 Å². The van der Waals surface area contributed by atoms with Crippen molar-refractivity contribution in [2.45, 2.75) is 43.3 Å². The Bertz CT molecular complexity index is 350. The van der Waals surface area contributed by atoms with Crippen molar-refractivity contribution in [2.24, 2.45) is 11.8 Å². The lowest BCUT2D eigenvalue weighted by Crippen LogP contribution is -2.23.